The zero-order chi connectivity index (χ0) is 27.4. The number of aromatic nitrogens is 2. The number of nitrogens with zero attached hydrogens (tertiary/aromatic N) is 3. The number of carbonyl (C=O) groups excluding carboxylic acids is 2. The van der Waals surface area contributed by atoms with Gasteiger partial charge in [0.25, 0.3) is 5.91 Å². The predicted octanol–water partition coefficient (Wildman–Crippen LogP) is 5.08. The SMILES string of the molecule is CCCN(CC(=O)Nc1c(-c2ccccc2)c(C)nn1-c1ccc(OC)cc1)C(=O)c1ccc2c(c1)OCO2. The molecule has 0 saturated heterocycles. The third-order valence-electron chi connectivity index (χ3n) is 6.43. The maximum atomic E-state index is 13.5. The van der Waals surface area contributed by atoms with Gasteiger partial charge in [0.05, 0.1) is 18.5 Å². The number of benzene rings is 3. The van der Waals surface area contributed by atoms with Gasteiger partial charge in [0.15, 0.2) is 11.5 Å². The van der Waals surface area contributed by atoms with Crippen LogP contribution in [0.25, 0.3) is 16.8 Å². The largest absolute Gasteiger partial charge is 0.497 e. The van der Waals surface area contributed by atoms with Gasteiger partial charge in [-0.3, -0.25) is 9.59 Å². The van der Waals surface area contributed by atoms with Crippen molar-refractivity contribution in [2.45, 2.75) is 20.3 Å². The van der Waals surface area contributed by atoms with Crippen molar-refractivity contribution in [3.63, 3.8) is 0 Å². The van der Waals surface area contributed by atoms with Crippen molar-refractivity contribution in [2.75, 3.05) is 32.3 Å². The zero-order valence-electron chi connectivity index (χ0n) is 22.1. The summed E-state index contributed by atoms with van der Waals surface area (Å²) in [5, 5.41) is 7.81. The summed E-state index contributed by atoms with van der Waals surface area (Å²) >= 11 is 0. The fraction of sp³-hybridized carbons (Fsp3) is 0.233. The number of carbonyl (C=O) groups is 2. The minimum absolute atomic E-state index is 0.123. The smallest absolute Gasteiger partial charge is 0.254 e. The second kappa shape index (κ2) is 11.3. The first-order valence-corrected chi connectivity index (χ1v) is 12.8. The normalized spacial score (nSPS) is 11.8. The maximum absolute atomic E-state index is 13.5. The number of methoxy groups -OCH3 is 1. The van der Waals surface area contributed by atoms with Crippen LogP contribution < -0.4 is 19.5 Å². The van der Waals surface area contributed by atoms with Crippen LogP contribution in [0.15, 0.2) is 72.8 Å². The Labute approximate surface area is 226 Å². The van der Waals surface area contributed by atoms with E-state index in [0.29, 0.717) is 41.6 Å². The van der Waals surface area contributed by atoms with Gasteiger partial charge in [0.2, 0.25) is 12.7 Å². The Hall–Kier alpha value is -4.79. The Kier molecular flexibility index (Phi) is 7.49. The molecule has 9 heteroatoms. The summed E-state index contributed by atoms with van der Waals surface area (Å²) in [7, 11) is 1.61. The predicted molar refractivity (Wildman–Crippen MR) is 148 cm³/mol. The molecule has 1 aliphatic heterocycles. The highest BCUT2D eigenvalue weighted by molar-refractivity contribution is 6.01. The van der Waals surface area contributed by atoms with Crippen LogP contribution in [-0.4, -0.2) is 53.5 Å². The summed E-state index contributed by atoms with van der Waals surface area (Å²) in [6, 6.07) is 22.3. The summed E-state index contributed by atoms with van der Waals surface area (Å²) < 4.78 is 17.8. The summed E-state index contributed by atoms with van der Waals surface area (Å²) in [4.78, 5) is 28.4. The van der Waals surface area contributed by atoms with Gasteiger partial charge in [-0.05, 0) is 61.4 Å². The first-order chi connectivity index (χ1) is 19.0. The highest BCUT2D eigenvalue weighted by atomic mass is 16.7. The molecule has 0 atom stereocenters. The van der Waals surface area contributed by atoms with Gasteiger partial charge in [-0.1, -0.05) is 37.3 Å². The summed E-state index contributed by atoms with van der Waals surface area (Å²) in [5.74, 6) is 1.78. The van der Waals surface area contributed by atoms with Crippen molar-refractivity contribution in [3.05, 3.63) is 84.1 Å². The Morgan fingerprint density at radius 3 is 2.49 bits per heavy atom. The number of amides is 2. The highest BCUT2D eigenvalue weighted by Gasteiger charge is 2.24. The topological polar surface area (TPSA) is 94.9 Å². The molecule has 0 spiro atoms. The molecule has 0 aliphatic carbocycles. The molecule has 5 rings (SSSR count). The second-order valence-corrected chi connectivity index (χ2v) is 9.13. The van der Waals surface area contributed by atoms with Crippen molar-refractivity contribution in [3.8, 4) is 34.1 Å². The average molecular weight is 527 g/mol. The summed E-state index contributed by atoms with van der Waals surface area (Å²) in [5.41, 5.74) is 3.69. The molecule has 200 valence electrons. The molecule has 9 nitrogen and oxygen atoms in total. The Bertz CT molecular complexity index is 1480. The molecule has 0 saturated carbocycles. The second-order valence-electron chi connectivity index (χ2n) is 9.13. The van der Waals surface area contributed by atoms with Crippen molar-refractivity contribution in [2.24, 2.45) is 0 Å². The van der Waals surface area contributed by atoms with Crippen molar-refractivity contribution in [1.82, 2.24) is 14.7 Å². The van der Waals surface area contributed by atoms with Gasteiger partial charge in [-0.2, -0.15) is 5.10 Å². The fourth-order valence-corrected chi connectivity index (χ4v) is 4.58. The Balaban J connectivity index is 1.45. The third kappa shape index (κ3) is 5.43. The number of nitrogens with one attached hydrogen (secondary N) is 1. The molecular formula is C30H30N4O5. The van der Waals surface area contributed by atoms with Crippen LogP contribution in [-0.2, 0) is 4.79 Å². The quantitative estimate of drug-likeness (QED) is 0.327. The van der Waals surface area contributed by atoms with Crippen LogP contribution in [0.3, 0.4) is 0 Å². The van der Waals surface area contributed by atoms with E-state index >= 15 is 0 Å². The molecule has 1 aliphatic rings. The van der Waals surface area contributed by atoms with Crippen molar-refractivity contribution < 1.29 is 23.8 Å². The van der Waals surface area contributed by atoms with Crippen LogP contribution in [0.2, 0.25) is 0 Å². The van der Waals surface area contributed by atoms with E-state index in [9.17, 15) is 9.59 Å². The molecular weight excluding hydrogens is 496 g/mol. The van der Waals surface area contributed by atoms with Crippen LogP contribution in [0.4, 0.5) is 5.82 Å². The molecule has 3 aromatic carbocycles. The number of hydrogen-bond donors (Lipinski definition) is 1. The molecule has 2 amide bonds. The number of fused-ring (bicyclic) bond motifs is 1. The first-order valence-electron chi connectivity index (χ1n) is 12.8. The summed E-state index contributed by atoms with van der Waals surface area (Å²) in [6.07, 6.45) is 0.696. The van der Waals surface area contributed by atoms with E-state index in [0.717, 1.165) is 22.5 Å². The van der Waals surface area contributed by atoms with Crippen molar-refractivity contribution >= 4 is 17.6 Å². The molecule has 4 aromatic rings. The number of rotatable bonds is 9. The van der Waals surface area contributed by atoms with Gasteiger partial charge in [-0.25, -0.2) is 4.68 Å². The minimum Gasteiger partial charge on any atom is -0.497 e. The molecule has 1 N–H and O–H groups in total. The Morgan fingerprint density at radius 2 is 1.77 bits per heavy atom. The van der Waals surface area contributed by atoms with E-state index in [1.165, 1.54) is 4.90 Å². The molecule has 0 radical (unpaired) electrons. The van der Waals surface area contributed by atoms with Gasteiger partial charge < -0.3 is 24.4 Å². The lowest BCUT2D eigenvalue weighted by Crippen LogP contribution is -2.38. The van der Waals surface area contributed by atoms with Crippen LogP contribution >= 0.6 is 0 Å². The van der Waals surface area contributed by atoms with E-state index in [4.69, 9.17) is 19.3 Å². The van der Waals surface area contributed by atoms with Crippen LogP contribution in [0, 0.1) is 6.92 Å². The van der Waals surface area contributed by atoms with Gasteiger partial charge in [-0.15, -0.1) is 0 Å². The van der Waals surface area contributed by atoms with Crippen molar-refractivity contribution in [1.29, 1.82) is 0 Å². The highest BCUT2D eigenvalue weighted by Crippen LogP contribution is 2.34. The Morgan fingerprint density at radius 1 is 1.03 bits per heavy atom. The van der Waals surface area contributed by atoms with Gasteiger partial charge >= 0.3 is 0 Å². The van der Waals surface area contributed by atoms with E-state index in [1.807, 2.05) is 68.4 Å². The lowest BCUT2D eigenvalue weighted by atomic mass is 10.1. The van der Waals surface area contributed by atoms with E-state index in [2.05, 4.69) is 5.32 Å². The number of ether oxygens (including phenoxy) is 3. The van der Waals surface area contributed by atoms with E-state index < -0.39 is 0 Å². The standard InChI is InChI=1S/C30H30N4O5/c1-4-16-33(30(36)22-10-15-25-26(17-22)39-19-38-25)18-27(35)31-29-28(21-8-6-5-7-9-21)20(2)32-34(29)23-11-13-24(37-3)14-12-23/h5-15,17H,4,16,18-19H2,1-3H3,(H,31,35). The number of hydrogen-bond acceptors (Lipinski definition) is 6. The maximum Gasteiger partial charge on any atom is 0.254 e. The number of aryl methyl sites for hydroxylation is 1. The molecule has 0 fully saturated rings. The average Bonchev–Trinajstić information content (AvgIpc) is 3.56. The van der Waals surface area contributed by atoms with E-state index in [1.54, 1.807) is 30.0 Å². The first kappa shape index (κ1) is 25.8. The van der Waals surface area contributed by atoms with Gasteiger partial charge in [0.1, 0.15) is 18.1 Å². The minimum atomic E-state index is -0.329. The van der Waals surface area contributed by atoms with Crippen LogP contribution in [0.5, 0.6) is 17.2 Å². The van der Waals surface area contributed by atoms with Crippen LogP contribution in [0.1, 0.15) is 29.4 Å². The lowest BCUT2D eigenvalue weighted by Gasteiger charge is -2.22. The van der Waals surface area contributed by atoms with Gasteiger partial charge in [0, 0.05) is 17.7 Å². The molecule has 39 heavy (non-hydrogen) atoms. The lowest BCUT2D eigenvalue weighted by molar-refractivity contribution is -0.116. The zero-order valence-corrected chi connectivity index (χ0v) is 22.1. The monoisotopic (exact) mass is 526 g/mol. The molecule has 0 unspecified atom stereocenters. The van der Waals surface area contributed by atoms with E-state index in [-0.39, 0.29) is 25.2 Å². The molecule has 2 heterocycles. The molecule has 0 bridgehead atoms. The third-order valence-corrected chi connectivity index (χ3v) is 6.43. The number of anilines is 1. The summed E-state index contributed by atoms with van der Waals surface area (Å²) in [6.45, 7) is 4.29. The fourth-order valence-electron chi connectivity index (χ4n) is 4.58. The molecule has 1 aromatic heterocycles.